The summed E-state index contributed by atoms with van der Waals surface area (Å²) in [6.07, 6.45) is 2.19. The quantitative estimate of drug-likeness (QED) is 0.648. The van der Waals surface area contributed by atoms with Crippen LogP contribution in [0.5, 0.6) is 0 Å². The highest BCUT2D eigenvalue weighted by Gasteiger charge is 2.34. The van der Waals surface area contributed by atoms with Gasteiger partial charge in [0.2, 0.25) is 5.91 Å². The molecule has 1 aromatic rings. The number of hydrogen-bond acceptors (Lipinski definition) is 5. The summed E-state index contributed by atoms with van der Waals surface area (Å²) in [5.41, 5.74) is 4.99. The molecule has 1 aliphatic heterocycles. The number of nitrogens with one attached hydrogen (secondary N) is 2. The van der Waals surface area contributed by atoms with Gasteiger partial charge in [0.05, 0.1) is 6.10 Å². The van der Waals surface area contributed by atoms with Crippen molar-refractivity contribution in [3.05, 3.63) is 33.1 Å². The molecule has 0 aromatic carbocycles. The van der Waals surface area contributed by atoms with E-state index in [2.05, 4.69) is 10.3 Å². The molecule has 1 aromatic heterocycles. The smallest absolute Gasteiger partial charge is 0.330 e. The molecule has 21 heavy (non-hydrogen) atoms. The predicted molar refractivity (Wildman–Crippen MR) is 75.7 cm³/mol. The zero-order chi connectivity index (χ0) is 15.4. The monoisotopic (exact) mass is 296 g/mol. The molecule has 0 unspecified atom stereocenters. The van der Waals surface area contributed by atoms with Crippen LogP contribution in [0.15, 0.2) is 21.9 Å². The van der Waals surface area contributed by atoms with Crippen molar-refractivity contribution >= 4 is 5.91 Å². The number of nitrogens with two attached hydrogens (primary N) is 1. The van der Waals surface area contributed by atoms with E-state index in [0.29, 0.717) is 19.4 Å². The van der Waals surface area contributed by atoms with Crippen LogP contribution < -0.4 is 22.3 Å². The van der Waals surface area contributed by atoms with Crippen LogP contribution in [0.25, 0.3) is 0 Å². The van der Waals surface area contributed by atoms with E-state index in [0.717, 1.165) is 6.42 Å². The van der Waals surface area contributed by atoms with Crippen molar-refractivity contribution in [2.45, 2.75) is 44.6 Å². The van der Waals surface area contributed by atoms with Gasteiger partial charge in [0.1, 0.15) is 6.23 Å². The normalized spacial score (nSPS) is 25.0. The molecule has 2 heterocycles. The Kier molecular flexibility index (Phi) is 4.92. The molecular weight excluding hydrogens is 276 g/mol. The summed E-state index contributed by atoms with van der Waals surface area (Å²) in [7, 11) is 0. The van der Waals surface area contributed by atoms with Gasteiger partial charge in [-0.1, -0.05) is 6.92 Å². The Morgan fingerprint density at radius 1 is 1.57 bits per heavy atom. The van der Waals surface area contributed by atoms with E-state index in [9.17, 15) is 14.4 Å². The lowest BCUT2D eigenvalue weighted by Gasteiger charge is -2.16. The van der Waals surface area contributed by atoms with Crippen molar-refractivity contribution in [3.63, 3.8) is 0 Å². The highest BCUT2D eigenvalue weighted by Crippen LogP contribution is 2.25. The zero-order valence-corrected chi connectivity index (χ0v) is 11.9. The standard InChI is InChI=1S/C13H20N4O4/c1-2-3-10(18)15-7-9-8(14)6-12(21-9)17-5-4-11(19)16-13(17)20/h4-5,8-9,12H,2-3,6-7,14H2,1H3,(H,15,18)(H,16,19,20)/t8-,9+,12+/m0/s1. The number of aromatic nitrogens is 2. The molecule has 116 valence electrons. The number of amides is 1. The van der Waals surface area contributed by atoms with Crippen LogP contribution in [-0.4, -0.2) is 34.1 Å². The maximum atomic E-state index is 11.7. The number of carbonyl (C=O) groups excluding carboxylic acids is 1. The van der Waals surface area contributed by atoms with E-state index < -0.39 is 17.5 Å². The Balaban J connectivity index is 1.99. The minimum absolute atomic E-state index is 0.0436. The highest BCUT2D eigenvalue weighted by atomic mass is 16.5. The lowest BCUT2D eigenvalue weighted by molar-refractivity contribution is -0.122. The molecule has 1 fully saturated rings. The Labute approximate surface area is 121 Å². The number of rotatable bonds is 5. The van der Waals surface area contributed by atoms with Gasteiger partial charge >= 0.3 is 5.69 Å². The predicted octanol–water partition coefficient (Wildman–Crippen LogP) is -0.932. The van der Waals surface area contributed by atoms with Gasteiger partial charge in [0.15, 0.2) is 0 Å². The molecule has 0 saturated carbocycles. The fourth-order valence-corrected chi connectivity index (χ4v) is 2.31. The molecule has 3 atom stereocenters. The zero-order valence-electron chi connectivity index (χ0n) is 11.9. The molecule has 1 aliphatic rings. The van der Waals surface area contributed by atoms with E-state index in [1.54, 1.807) is 0 Å². The first-order valence-corrected chi connectivity index (χ1v) is 7.00. The van der Waals surface area contributed by atoms with Gasteiger partial charge in [-0.15, -0.1) is 0 Å². The van der Waals surface area contributed by atoms with Crippen molar-refractivity contribution in [2.75, 3.05) is 6.54 Å². The van der Waals surface area contributed by atoms with Crippen molar-refractivity contribution in [2.24, 2.45) is 5.73 Å². The third-order valence-electron chi connectivity index (χ3n) is 3.42. The van der Waals surface area contributed by atoms with Crippen molar-refractivity contribution in [1.82, 2.24) is 14.9 Å². The van der Waals surface area contributed by atoms with Gasteiger partial charge in [-0.05, 0) is 6.42 Å². The summed E-state index contributed by atoms with van der Waals surface area (Å²) in [6, 6.07) is 0.975. The minimum Gasteiger partial charge on any atom is -0.353 e. The van der Waals surface area contributed by atoms with E-state index >= 15 is 0 Å². The van der Waals surface area contributed by atoms with Crippen LogP contribution >= 0.6 is 0 Å². The lowest BCUT2D eigenvalue weighted by atomic mass is 10.1. The molecule has 1 saturated heterocycles. The van der Waals surface area contributed by atoms with Crippen LogP contribution in [0.2, 0.25) is 0 Å². The first-order chi connectivity index (χ1) is 10.0. The largest absolute Gasteiger partial charge is 0.353 e. The maximum Gasteiger partial charge on any atom is 0.330 e. The van der Waals surface area contributed by atoms with Crippen LogP contribution in [0.3, 0.4) is 0 Å². The van der Waals surface area contributed by atoms with E-state index in [1.807, 2.05) is 6.92 Å². The SMILES string of the molecule is CCCC(=O)NC[C@H]1O[C@@H](n2ccc(=O)[nH]c2=O)C[C@@H]1N. The maximum absolute atomic E-state index is 11.7. The molecule has 0 radical (unpaired) electrons. The number of hydrogen-bond donors (Lipinski definition) is 3. The van der Waals surface area contributed by atoms with Gasteiger partial charge in [-0.3, -0.25) is 19.1 Å². The number of nitrogens with zero attached hydrogens (tertiary/aromatic N) is 1. The molecule has 2 rings (SSSR count). The number of ether oxygens (including phenoxy) is 1. The number of carbonyl (C=O) groups is 1. The second-order valence-electron chi connectivity index (χ2n) is 5.10. The van der Waals surface area contributed by atoms with Gasteiger partial charge < -0.3 is 15.8 Å². The third-order valence-corrected chi connectivity index (χ3v) is 3.42. The van der Waals surface area contributed by atoms with Crippen molar-refractivity contribution in [1.29, 1.82) is 0 Å². The first-order valence-electron chi connectivity index (χ1n) is 7.00. The van der Waals surface area contributed by atoms with E-state index in [4.69, 9.17) is 10.5 Å². The van der Waals surface area contributed by atoms with Crippen LogP contribution in [-0.2, 0) is 9.53 Å². The molecule has 8 heteroatoms. The van der Waals surface area contributed by atoms with Crippen LogP contribution in [0.1, 0.15) is 32.4 Å². The van der Waals surface area contributed by atoms with Gasteiger partial charge in [0, 0.05) is 37.7 Å². The second-order valence-corrected chi connectivity index (χ2v) is 5.10. The fourth-order valence-electron chi connectivity index (χ4n) is 2.31. The Morgan fingerprint density at radius 3 is 3.00 bits per heavy atom. The molecule has 0 aliphatic carbocycles. The molecule has 4 N–H and O–H groups in total. The minimum atomic E-state index is -0.532. The Morgan fingerprint density at radius 2 is 2.33 bits per heavy atom. The Hall–Kier alpha value is -1.93. The van der Waals surface area contributed by atoms with Crippen molar-refractivity contribution in [3.8, 4) is 0 Å². The summed E-state index contributed by atoms with van der Waals surface area (Å²) in [5.74, 6) is -0.0436. The highest BCUT2D eigenvalue weighted by molar-refractivity contribution is 5.75. The van der Waals surface area contributed by atoms with Gasteiger partial charge in [0.25, 0.3) is 5.56 Å². The average molecular weight is 296 g/mol. The first kappa shape index (κ1) is 15.5. The number of aromatic amines is 1. The van der Waals surface area contributed by atoms with E-state index in [-0.39, 0.29) is 18.1 Å². The summed E-state index contributed by atoms with van der Waals surface area (Å²) < 4.78 is 7.01. The Bertz CT molecular complexity index is 609. The number of H-pyrrole nitrogens is 1. The second kappa shape index (κ2) is 6.68. The summed E-state index contributed by atoms with van der Waals surface area (Å²) in [4.78, 5) is 36.4. The van der Waals surface area contributed by atoms with Crippen LogP contribution in [0, 0.1) is 0 Å². The molecule has 1 amide bonds. The van der Waals surface area contributed by atoms with Gasteiger partial charge in [-0.2, -0.15) is 0 Å². The molecular formula is C13H20N4O4. The third kappa shape index (κ3) is 3.79. The summed E-state index contributed by atoms with van der Waals surface area (Å²) in [6.45, 7) is 2.24. The average Bonchev–Trinajstić information content (AvgIpc) is 2.78. The molecule has 8 nitrogen and oxygen atoms in total. The summed E-state index contributed by atoms with van der Waals surface area (Å²) >= 11 is 0. The van der Waals surface area contributed by atoms with Gasteiger partial charge in [-0.25, -0.2) is 4.79 Å². The molecule has 0 bridgehead atoms. The van der Waals surface area contributed by atoms with E-state index in [1.165, 1.54) is 16.8 Å². The van der Waals surface area contributed by atoms with Crippen LogP contribution in [0.4, 0.5) is 0 Å². The molecule has 0 spiro atoms. The lowest BCUT2D eigenvalue weighted by Crippen LogP contribution is -2.40. The summed E-state index contributed by atoms with van der Waals surface area (Å²) in [5, 5.41) is 2.76. The topological polar surface area (TPSA) is 119 Å². The van der Waals surface area contributed by atoms with Crippen molar-refractivity contribution < 1.29 is 9.53 Å². The fraction of sp³-hybridized carbons (Fsp3) is 0.615.